The molecule has 0 saturated carbocycles. The van der Waals surface area contributed by atoms with Crippen molar-refractivity contribution in [1.82, 2.24) is 4.42 Å². The zero-order valence-corrected chi connectivity index (χ0v) is 19.9. The van der Waals surface area contributed by atoms with Gasteiger partial charge in [0.25, 0.3) is 0 Å². The minimum absolute atomic E-state index is 0.312. The number of allylic oxidation sites excluding steroid dienone is 2. The maximum absolute atomic E-state index is 6.29. The highest BCUT2D eigenvalue weighted by Crippen LogP contribution is 2.36. The predicted molar refractivity (Wildman–Crippen MR) is 123 cm³/mol. The summed E-state index contributed by atoms with van der Waals surface area (Å²) in [6.45, 7) is 14.2. The van der Waals surface area contributed by atoms with Gasteiger partial charge in [-0.15, -0.1) is 0 Å². The molecule has 154 valence electrons. The summed E-state index contributed by atoms with van der Waals surface area (Å²) in [6, 6.07) is 10.4. The second-order valence-corrected chi connectivity index (χ2v) is 14.2. The van der Waals surface area contributed by atoms with Gasteiger partial charge < -0.3 is 4.43 Å². The van der Waals surface area contributed by atoms with Gasteiger partial charge in [-0.2, -0.15) is 0 Å². The van der Waals surface area contributed by atoms with Crippen molar-refractivity contribution in [1.29, 1.82) is 0 Å². The fourth-order valence-corrected chi connectivity index (χ4v) is 3.90. The first-order valence-electron chi connectivity index (χ1n) is 10.5. The van der Waals surface area contributed by atoms with Crippen molar-refractivity contribution in [2.75, 3.05) is 13.2 Å². The predicted octanol–water partition coefficient (Wildman–Crippen LogP) is 7.56. The fraction of sp³-hybridized carbons (Fsp3) is 0.652. The molecule has 0 heterocycles. The van der Waals surface area contributed by atoms with Crippen molar-refractivity contribution < 1.29 is 4.43 Å². The summed E-state index contributed by atoms with van der Waals surface area (Å²) >= 11 is 6.29. The SMILES string of the molecule is CC(C)(C)[Si](C)(C)OCCCC/C=C\CCCCN(Cl)Cc1ccccc1. The monoisotopic (exact) mass is 409 g/mol. The van der Waals surface area contributed by atoms with Crippen LogP contribution < -0.4 is 0 Å². The van der Waals surface area contributed by atoms with Crippen molar-refractivity contribution >= 4 is 20.1 Å². The number of hydrogen-bond donors (Lipinski definition) is 0. The first-order chi connectivity index (χ1) is 12.7. The Morgan fingerprint density at radius 2 is 1.56 bits per heavy atom. The Morgan fingerprint density at radius 1 is 0.963 bits per heavy atom. The number of nitrogens with zero attached hydrogens (tertiary/aromatic N) is 1. The van der Waals surface area contributed by atoms with E-state index in [2.05, 4.69) is 70.3 Å². The van der Waals surface area contributed by atoms with Crippen LogP contribution in [-0.4, -0.2) is 25.9 Å². The minimum atomic E-state index is -1.56. The van der Waals surface area contributed by atoms with Crippen LogP contribution in [0.15, 0.2) is 42.5 Å². The van der Waals surface area contributed by atoms with Gasteiger partial charge in [0.15, 0.2) is 8.32 Å². The van der Waals surface area contributed by atoms with Gasteiger partial charge in [0.2, 0.25) is 0 Å². The van der Waals surface area contributed by atoms with Crippen molar-refractivity contribution in [3.8, 4) is 0 Å². The van der Waals surface area contributed by atoms with Crippen molar-refractivity contribution in [3.05, 3.63) is 48.0 Å². The molecule has 2 nitrogen and oxygen atoms in total. The van der Waals surface area contributed by atoms with E-state index in [0.29, 0.717) is 5.04 Å². The Morgan fingerprint density at radius 3 is 2.15 bits per heavy atom. The maximum atomic E-state index is 6.29. The molecule has 0 atom stereocenters. The van der Waals surface area contributed by atoms with E-state index in [9.17, 15) is 0 Å². The molecular formula is C23H40ClNOSi. The van der Waals surface area contributed by atoms with E-state index in [1.807, 2.05) is 10.5 Å². The smallest absolute Gasteiger partial charge is 0.191 e. The summed E-state index contributed by atoms with van der Waals surface area (Å²) in [5, 5.41) is 0.312. The zero-order valence-electron chi connectivity index (χ0n) is 18.1. The first kappa shape index (κ1) is 24.4. The van der Waals surface area contributed by atoms with E-state index in [0.717, 1.165) is 45.4 Å². The quantitative estimate of drug-likeness (QED) is 0.144. The third-order valence-corrected chi connectivity index (χ3v) is 10.2. The third-order valence-electron chi connectivity index (χ3n) is 5.42. The Labute approximate surface area is 174 Å². The molecule has 0 spiro atoms. The van der Waals surface area contributed by atoms with Gasteiger partial charge in [-0.25, -0.2) is 4.42 Å². The number of rotatable bonds is 13. The highest BCUT2D eigenvalue weighted by Gasteiger charge is 2.36. The summed E-state index contributed by atoms with van der Waals surface area (Å²) in [6.07, 6.45) is 11.7. The number of hydrogen-bond acceptors (Lipinski definition) is 2. The van der Waals surface area contributed by atoms with E-state index in [4.69, 9.17) is 16.2 Å². The molecule has 0 bridgehead atoms. The summed E-state index contributed by atoms with van der Waals surface area (Å²) in [7, 11) is -1.56. The minimum Gasteiger partial charge on any atom is -0.417 e. The number of halogens is 1. The lowest BCUT2D eigenvalue weighted by atomic mass is 10.2. The lowest BCUT2D eigenvalue weighted by Gasteiger charge is -2.36. The molecule has 1 aromatic carbocycles. The topological polar surface area (TPSA) is 12.5 Å². The molecule has 1 aromatic rings. The van der Waals surface area contributed by atoms with Gasteiger partial charge in [-0.05, 0) is 74.0 Å². The molecule has 0 aliphatic heterocycles. The van der Waals surface area contributed by atoms with Gasteiger partial charge in [0, 0.05) is 19.7 Å². The van der Waals surface area contributed by atoms with Crippen LogP contribution in [0.25, 0.3) is 0 Å². The maximum Gasteiger partial charge on any atom is 0.191 e. The number of benzene rings is 1. The lowest BCUT2D eigenvalue weighted by Crippen LogP contribution is -2.40. The van der Waals surface area contributed by atoms with Gasteiger partial charge in [0.05, 0.1) is 0 Å². The van der Waals surface area contributed by atoms with Crippen LogP contribution >= 0.6 is 11.8 Å². The van der Waals surface area contributed by atoms with Crippen LogP contribution in [0.2, 0.25) is 18.1 Å². The average Bonchev–Trinajstić information content (AvgIpc) is 2.59. The summed E-state index contributed by atoms with van der Waals surface area (Å²) in [5.41, 5.74) is 1.27. The van der Waals surface area contributed by atoms with Crippen molar-refractivity contribution in [2.45, 2.75) is 84.0 Å². The Kier molecular flexibility index (Phi) is 11.6. The van der Waals surface area contributed by atoms with Crippen LogP contribution in [0.3, 0.4) is 0 Å². The van der Waals surface area contributed by atoms with Gasteiger partial charge in [-0.1, -0.05) is 63.3 Å². The molecule has 0 unspecified atom stereocenters. The van der Waals surface area contributed by atoms with Crippen LogP contribution in [0.5, 0.6) is 0 Å². The molecule has 4 heteroatoms. The molecule has 1 rings (SSSR count). The van der Waals surface area contributed by atoms with E-state index >= 15 is 0 Å². The summed E-state index contributed by atoms with van der Waals surface area (Å²) in [5.74, 6) is 0. The molecule has 0 aromatic heterocycles. The van der Waals surface area contributed by atoms with E-state index in [1.54, 1.807) is 0 Å². The summed E-state index contributed by atoms with van der Waals surface area (Å²) < 4.78 is 8.11. The second-order valence-electron chi connectivity index (χ2n) is 8.90. The highest BCUT2D eigenvalue weighted by molar-refractivity contribution is 6.74. The first-order valence-corrected chi connectivity index (χ1v) is 13.7. The van der Waals surface area contributed by atoms with E-state index < -0.39 is 8.32 Å². The van der Waals surface area contributed by atoms with Gasteiger partial charge >= 0.3 is 0 Å². The zero-order chi connectivity index (χ0) is 20.2. The molecule has 0 amide bonds. The fourth-order valence-electron chi connectivity index (χ4n) is 2.55. The van der Waals surface area contributed by atoms with Crippen LogP contribution in [0.4, 0.5) is 0 Å². The van der Waals surface area contributed by atoms with Crippen molar-refractivity contribution in [3.63, 3.8) is 0 Å². The molecule has 0 aliphatic rings. The van der Waals surface area contributed by atoms with Crippen LogP contribution in [-0.2, 0) is 11.0 Å². The molecule has 27 heavy (non-hydrogen) atoms. The molecular weight excluding hydrogens is 370 g/mol. The normalized spacial score (nSPS) is 13.0. The Balaban J connectivity index is 1.98. The Hall–Kier alpha value is -0.613. The van der Waals surface area contributed by atoms with Crippen molar-refractivity contribution in [2.24, 2.45) is 0 Å². The van der Waals surface area contributed by atoms with Crippen LogP contribution in [0.1, 0.15) is 64.9 Å². The molecule has 0 radical (unpaired) electrons. The third kappa shape index (κ3) is 11.1. The molecule has 0 aliphatic carbocycles. The largest absolute Gasteiger partial charge is 0.417 e. The molecule has 0 fully saturated rings. The summed E-state index contributed by atoms with van der Waals surface area (Å²) in [4.78, 5) is 0. The number of unbranched alkanes of at least 4 members (excludes halogenated alkanes) is 4. The Bertz CT molecular complexity index is 525. The molecule has 0 saturated heterocycles. The standard InChI is InChI=1S/C23H40ClNOSi/c1-23(2,3)27(4,5)26-20-16-11-9-7-6-8-10-15-19-25(24)21-22-17-13-12-14-18-22/h6-7,12-14,17-18H,8-11,15-16,19-21H2,1-5H3/b7-6-. The average molecular weight is 410 g/mol. The van der Waals surface area contributed by atoms with E-state index in [1.165, 1.54) is 18.4 Å². The van der Waals surface area contributed by atoms with Gasteiger partial charge in [-0.3, -0.25) is 0 Å². The van der Waals surface area contributed by atoms with Gasteiger partial charge in [0.1, 0.15) is 0 Å². The lowest BCUT2D eigenvalue weighted by molar-refractivity contribution is 0.279. The van der Waals surface area contributed by atoms with Crippen LogP contribution in [0, 0.1) is 0 Å². The van der Waals surface area contributed by atoms with E-state index in [-0.39, 0.29) is 0 Å². The highest BCUT2D eigenvalue weighted by atomic mass is 35.5. The second kappa shape index (κ2) is 12.8. The molecule has 0 N–H and O–H groups in total.